The van der Waals surface area contributed by atoms with Crippen molar-refractivity contribution in [3.8, 4) is 11.4 Å². The number of hydrogen-bond acceptors (Lipinski definition) is 2. The van der Waals surface area contributed by atoms with Gasteiger partial charge in [0.2, 0.25) is 0 Å². The van der Waals surface area contributed by atoms with E-state index in [0.29, 0.717) is 11.1 Å². The SMILES string of the molecule is Clc1ccccc1-n1cc(OC2CCCCC2)cn1. The normalized spacial score (nSPS) is 16.5. The van der Waals surface area contributed by atoms with Gasteiger partial charge >= 0.3 is 0 Å². The molecule has 0 aliphatic heterocycles. The second kappa shape index (κ2) is 5.66. The van der Waals surface area contributed by atoms with Crippen LogP contribution < -0.4 is 4.74 Å². The molecule has 1 aromatic heterocycles. The van der Waals surface area contributed by atoms with Crippen LogP contribution in [0, 0.1) is 0 Å². The molecule has 0 unspecified atom stereocenters. The lowest BCUT2D eigenvalue weighted by Gasteiger charge is -2.21. The number of ether oxygens (including phenoxy) is 1. The summed E-state index contributed by atoms with van der Waals surface area (Å²) in [5, 5.41) is 5.01. The molecule has 1 fully saturated rings. The molecular formula is C15H17ClN2O. The monoisotopic (exact) mass is 276 g/mol. The molecule has 1 heterocycles. The molecule has 0 N–H and O–H groups in total. The van der Waals surface area contributed by atoms with E-state index >= 15 is 0 Å². The Hall–Kier alpha value is -1.48. The number of benzene rings is 1. The third kappa shape index (κ3) is 2.92. The van der Waals surface area contributed by atoms with Gasteiger partial charge in [-0.3, -0.25) is 0 Å². The standard InChI is InChI=1S/C15H17ClN2O/c16-14-8-4-5-9-15(14)18-11-13(10-17-18)19-12-6-2-1-3-7-12/h4-5,8-12H,1-3,6-7H2. The van der Waals surface area contributed by atoms with Crippen LogP contribution in [0.3, 0.4) is 0 Å². The molecule has 19 heavy (non-hydrogen) atoms. The number of halogens is 1. The van der Waals surface area contributed by atoms with E-state index in [9.17, 15) is 0 Å². The minimum absolute atomic E-state index is 0.345. The highest BCUT2D eigenvalue weighted by Gasteiger charge is 2.15. The van der Waals surface area contributed by atoms with Gasteiger partial charge in [-0.1, -0.05) is 30.2 Å². The molecule has 100 valence electrons. The molecule has 1 aliphatic carbocycles. The average Bonchev–Trinajstić information content (AvgIpc) is 2.89. The van der Waals surface area contributed by atoms with Crippen LogP contribution in [0.4, 0.5) is 0 Å². The van der Waals surface area contributed by atoms with Gasteiger partial charge in [0, 0.05) is 0 Å². The van der Waals surface area contributed by atoms with Crippen LogP contribution in [0.2, 0.25) is 5.02 Å². The van der Waals surface area contributed by atoms with Gasteiger partial charge in [-0.25, -0.2) is 4.68 Å². The molecule has 4 heteroatoms. The summed E-state index contributed by atoms with van der Waals surface area (Å²) < 4.78 is 7.74. The molecule has 0 spiro atoms. The predicted molar refractivity (Wildman–Crippen MR) is 76.1 cm³/mol. The van der Waals surface area contributed by atoms with Crippen molar-refractivity contribution in [2.45, 2.75) is 38.2 Å². The van der Waals surface area contributed by atoms with Crippen LogP contribution in [0.15, 0.2) is 36.7 Å². The van der Waals surface area contributed by atoms with E-state index < -0.39 is 0 Å². The number of aromatic nitrogens is 2. The molecule has 0 amide bonds. The van der Waals surface area contributed by atoms with Gasteiger partial charge in [0.1, 0.15) is 0 Å². The first-order valence-corrected chi connectivity index (χ1v) is 7.17. The first-order valence-electron chi connectivity index (χ1n) is 6.79. The topological polar surface area (TPSA) is 27.1 Å². The Kier molecular flexibility index (Phi) is 3.74. The average molecular weight is 277 g/mol. The van der Waals surface area contributed by atoms with E-state index in [1.54, 1.807) is 10.9 Å². The summed E-state index contributed by atoms with van der Waals surface area (Å²) in [7, 11) is 0. The van der Waals surface area contributed by atoms with Crippen molar-refractivity contribution in [2.24, 2.45) is 0 Å². The number of para-hydroxylation sites is 1. The summed E-state index contributed by atoms with van der Waals surface area (Å²) >= 11 is 6.16. The van der Waals surface area contributed by atoms with Gasteiger partial charge < -0.3 is 4.74 Å². The Morgan fingerprint density at radius 3 is 2.74 bits per heavy atom. The fraction of sp³-hybridized carbons (Fsp3) is 0.400. The van der Waals surface area contributed by atoms with Crippen molar-refractivity contribution in [2.75, 3.05) is 0 Å². The molecule has 0 radical (unpaired) electrons. The van der Waals surface area contributed by atoms with Crippen LogP contribution in [0.1, 0.15) is 32.1 Å². The van der Waals surface area contributed by atoms with Crippen molar-refractivity contribution < 1.29 is 4.74 Å². The highest BCUT2D eigenvalue weighted by Crippen LogP contribution is 2.25. The van der Waals surface area contributed by atoms with Crippen molar-refractivity contribution in [1.29, 1.82) is 0 Å². The highest BCUT2D eigenvalue weighted by atomic mass is 35.5. The van der Waals surface area contributed by atoms with Crippen LogP contribution >= 0.6 is 11.6 Å². The zero-order valence-electron chi connectivity index (χ0n) is 10.8. The third-order valence-corrected chi connectivity index (χ3v) is 3.83. The van der Waals surface area contributed by atoms with E-state index in [2.05, 4.69) is 5.10 Å². The quantitative estimate of drug-likeness (QED) is 0.838. The largest absolute Gasteiger partial charge is 0.487 e. The molecule has 0 saturated heterocycles. The van der Waals surface area contributed by atoms with Crippen molar-refractivity contribution in [1.82, 2.24) is 9.78 Å². The molecule has 1 aliphatic rings. The van der Waals surface area contributed by atoms with E-state index in [4.69, 9.17) is 16.3 Å². The maximum absolute atomic E-state index is 6.16. The van der Waals surface area contributed by atoms with E-state index in [1.807, 2.05) is 30.5 Å². The van der Waals surface area contributed by atoms with Crippen molar-refractivity contribution in [3.63, 3.8) is 0 Å². The second-order valence-corrected chi connectivity index (χ2v) is 5.36. The molecule has 3 rings (SSSR count). The first kappa shape index (κ1) is 12.5. The predicted octanol–water partition coefficient (Wildman–Crippen LogP) is 4.24. The molecule has 2 aromatic rings. The fourth-order valence-corrected chi connectivity index (χ4v) is 2.73. The summed E-state index contributed by atoms with van der Waals surface area (Å²) in [6.07, 6.45) is 10.2. The molecule has 1 aromatic carbocycles. The van der Waals surface area contributed by atoms with Crippen LogP contribution in [-0.2, 0) is 0 Å². The maximum Gasteiger partial charge on any atom is 0.158 e. The Morgan fingerprint density at radius 1 is 1.16 bits per heavy atom. The lowest BCUT2D eigenvalue weighted by molar-refractivity contribution is 0.155. The van der Waals surface area contributed by atoms with Crippen molar-refractivity contribution >= 4 is 11.6 Å². The zero-order chi connectivity index (χ0) is 13.1. The van der Waals surface area contributed by atoms with Gasteiger partial charge in [0.15, 0.2) is 5.75 Å². The Balaban J connectivity index is 1.74. The Bertz CT molecular complexity index is 547. The molecular weight excluding hydrogens is 260 g/mol. The molecule has 1 saturated carbocycles. The highest BCUT2D eigenvalue weighted by molar-refractivity contribution is 6.32. The molecule has 0 atom stereocenters. The summed E-state index contributed by atoms with van der Waals surface area (Å²) in [5.74, 6) is 0.826. The minimum Gasteiger partial charge on any atom is -0.487 e. The van der Waals surface area contributed by atoms with E-state index in [-0.39, 0.29) is 0 Å². The van der Waals surface area contributed by atoms with Crippen molar-refractivity contribution in [3.05, 3.63) is 41.7 Å². The molecule has 3 nitrogen and oxygen atoms in total. The Morgan fingerprint density at radius 2 is 1.95 bits per heavy atom. The van der Waals surface area contributed by atoms with Crippen LogP contribution in [0.25, 0.3) is 5.69 Å². The lowest BCUT2D eigenvalue weighted by Crippen LogP contribution is -2.19. The van der Waals surface area contributed by atoms with Gasteiger partial charge in [0.25, 0.3) is 0 Å². The fourth-order valence-electron chi connectivity index (χ4n) is 2.51. The number of rotatable bonds is 3. The lowest BCUT2D eigenvalue weighted by atomic mass is 9.98. The summed E-state index contributed by atoms with van der Waals surface area (Å²) in [5.41, 5.74) is 0.877. The number of nitrogens with zero attached hydrogens (tertiary/aromatic N) is 2. The van der Waals surface area contributed by atoms with Gasteiger partial charge in [-0.15, -0.1) is 0 Å². The zero-order valence-corrected chi connectivity index (χ0v) is 11.5. The minimum atomic E-state index is 0.345. The summed E-state index contributed by atoms with van der Waals surface area (Å²) in [4.78, 5) is 0. The Labute approximate surface area is 118 Å². The van der Waals surface area contributed by atoms with E-state index in [0.717, 1.165) is 24.3 Å². The number of hydrogen-bond donors (Lipinski definition) is 0. The first-order chi connectivity index (χ1) is 9.33. The summed E-state index contributed by atoms with van der Waals surface area (Å²) in [6.45, 7) is 0. The third-order valence-electron chi connectivity index (χ3n) is 3.51. The van der Waals surface area contributed by atoms with Gasteiger partial charge in [-0.2, -0.15) is 5.10 Å². The summed E-state index contributed by atoms with van der Waals surface area (Å²) in [6, 6.07) is 7.67. The van der Waals surface area contributed by atoms with Crippen LogP contribution in [0.5, 0.6) is 5.75 Å². The van der Waals surface area contributed by atoms with Gasteiger partial charge in [-0.05, 0) is 37.8 Å². The molecule has 0 bridgehead atoms. The van der Waals surface area contributed by atoms with Crippen LogP contribution in [-0.4, -0.2) is 15.9 Å². The smallest absolute Gasteiger partial charge is 0.158 e. The van der Waals surface area contributed by atoms with Gasteiger partial charge in [0.05, 0.1) is 29.2 Å². The second-order valence-electron chi connectivity index (χ2n) is 4.95. The maximum atomic E-state index is 6.16. The van der Waals surface area contributed by atoms with E-state index in [1.165, 1.54) is 19.3 Å².